The first-order chi connectivity index (χ1) is 10.1. The first-order valence-corrected chi connectivity index (χ1v) is 7.91. The largest absolute Gasteiger partial charge is 0.489 e. The van der Waals surface area contributed by atoms with E-state index >= 15 is 0 Å². The number of aliphatic hydroxyl groups excluding tert-OH is 1. The van der Waals surface area contributed by atoms with Gasteiger partial charge in [0, 0.05) is 5.92 Å². The topological polar surface area (TPSA) is 38.7 Å². The van der Waals surface area contributed by atoms with Crippen LogP contribution in [0.4, 0.5) is 0 Å². The van der Waals surface area contributed by atoms with Crippen molar-refractivity contribution in [2.75, 3.05) is 0 Å². The molecule has 22 heavy (non-hydrogen) atoms. The fourth-order valence-corrected chi connectivity index (χ4v) is 2.57. The number of hydrogen-bond donors (Lipinski definition) is 1. The third-order valence-electron chi connectivity index (χ3n) is 4.79. The second-order valence-corrected chi connectivity index (χ2v) is 7.21. The maximum Gasteiger partial charge on any atom is 0.489 e. The molecule has 0 unspecified atom stereocenters. The molecule has 120 valence electrons. The average Bonchev–Trinajstić information content (AvgIpc) is 2.67. The summed E-state index contributed by atoms with van der Waals surface area (Å²) in [6.45, 7) is 12.2. The third kappa shape index (κ3) is 3.45. The molecule has 0 amide bonds. The molecular weight excluding hydrogens is 275 g/mol. The molecule has 1 aliphatic heterocycles. The summed E-state index contributed by atoms with van der Waals surface area (Å²) >= 11 is 0. The van der Waals surface area contributed by atoms with E-state index < -0.39 is 6.10 Å². The third-order valence-corrected chi connectivity index (χ3v) is 4.79. The number of allylic oxidation sites excluding steroid dienone is 1. The lowest BCUT2D eigenvalue weighted by Gasteiger charge is -2.32. The van der Waals surface area contributed by atoms with Crippen molar-refractivity contribution in [2.24, 2.45) is 5.92 Å². The molecule has 3 nitrogen and oxygen atoms in total. The summed E-state index contributed by atoms with van der Waals surface area (Å²) in [7, 11) is -0.351. The lowest BCUT2D eigenvalue weighted by molar-refractivity contribution is 0.00578. The van der Waals surface area contributed by atoms with Gasteiger partial charge in [0.15, 0.2) is 0 Å². The molecule has 0 bridgehead atoms. The minimum atomic E-state index is -0.529. The highest BCUT2D eigenvalue weighted by molar-refractivity contribution is 6.54. The molecule has 1 aliphatic rings. The molecule has 1 aromatic carbocycles. The number of hydrogen-bond acceptors (Lipinski definition) is 3. The Morgan fingerprint density at radius 1 is 1.09 bits per heavy atom. The maximum absolute atomic E-state index is 10.5. The summed E-state index contributed by atoms with van der Waals surface area (Å²) in [4.78, 5) is 0. The van der Waals surface area contributed by atoms with Crippen molar-refractivity contribution in [3.05, 3.63) is 47.4 Å². The quantitative estimate of drug-likeness (QED) is 0.856. The fourth-order valence-electron chi connectivity index (χ4n) is 2.57. The lowest BCUT2D eigenvalue weighted by atomic mass is 9.77. The molecule has 0 radical (unpaired) electrons. The Kier molecular flexibility index (Phi) is 4.86. The molecule has 1 saturated heterocycles. The molecule has 0 aliphatic carbocycles. The van der Waals surface area contributed by atoms with Gasteiger partial charge >= 0.3 is 7.12 Å². The average molecular weight is 302 g/mol. The van der Waals surface area contributed by atoms with Crippen molar-refractivity contribution >= 4 is 7.12 Å². The number of rotatable bonds is 4. The van der Waals surface area contributed by atoms with Crippen molar-refractivity contribution in [1.29, 1.82) is 0 Å². The Labute approximate surface area is 134 Å². The molecule has 0 saturated carbocycles. The van der Waals surface area contributed by atoms with Gasteiger partial charge in [0.25, 0.3) is 0 Å². The van der Waals surface area contributed by atoms with Crippen molar-refractivity contribution in [1.82, 2.24) is 0 Å². The summed E-state index contributed by atoms with van der Waals surface area (Å²) in [5.74, 6) is -0.0126. The number of benzene rings is 1. The van der Waals surface area contributed by atoms with Gasteiger partial charge in [0.05, 0.1) is 17.3 Å². The minimum absolute atomic E-state index is 0.0126. The Hall–Kier alpha value is -1.10. The van der Waals surface area contributed by atoms with Crippen molar-refractivity contribution in [2.45, 2.75) is 58.8 Å². The normalized spacial score (nSPS) is 23.4. The van der Waals surface area contributed by atoms with Gasteiger partial charge in [-0.3, -0.25) is 0 Å². The zero-order chi connectivity index (χ0) is 16.5. The predicted octanol–water partition coefficient (Wildman–Crippen LogP) is 3.93. The van der Waals surface area contributed by atoms with E-state index in [1.807, 2.05) is 78.0 Å². The molecule has 2 rings (SSSR count). The van der Waals surface area contributed by atoms with Crippen molar-refractivity contribution in [3.8, 4) is 0 Å². The van der Waals surface area contributed by atoms with E-state index in [0.717, 1.165) is 11.0 Å². The first kappa shape index (κ1) is 17.3. The lowest BCUT2D eigenvalue weighted by Crippen LogP contribution is -2.41. The smallest absolute Gasteiger partial charge is 0.400 e. The molecule has 1 fully saturated rings. The van der Waals surface area contributed by atoms with Gasteiger partial charge in [-0.1, -0.05) is 43.3 Å². The van der Waals surface area contributed by atoms with Crippen molar-refractivity contribution < 1.29 is 14.4 Å². The highest BCUT2D eigenvalue weighted by atomic mass is 16.7. The van der Waals surface area contributed by atoms with Crippen LogP contribution in [0.1, 0.15) is 53.2 Å². The summed E-state index contributed by atoms with van der Waals surface area (Å²) in [6, 6.07) is 9.72. The Bertz CT molecular complexity index is 521. The molecule has 0 spiro atoms. The zero-order valence-corrected chi connectivity index (χ0v) is 14.5. The minimum Gasteiger partial charge on any atom is -0.400 e. The summed E-state index contributed by atoms with van der Waals surface area (Å²) in [6.07, 6.45) is 1.51. The van der Waals surface area contributed by atoms with Gasteiger partial charge in [-0.05, 0) is 45.7 Å². The fraction of sp³-hybridized carbons (Fsp3) is 0.556. The van der Waals surface area contributed by atoms with E-state index in [4.69, 9.17) is 9.31 Å². The van der Waals surface area contributed by atoms with Crippen LogP contribution < -0.4 is 0 Å². The summed E-state index contributed by atoms with van der Waals surface area (Å²) in [5.41, 5.74) is 1.25. The molecule has 0 aromatic heterocycles. The van der Waals surface area contributed by atoms with E-state index in [9.17, 15) is 5.11 Å². The monoisotopic (exact) mass is 302 g/mol. The second-order valence-electron chi connectivity index (χ2n) is 7.21. The second kappa shape index (κ2) is 6.19. The SMILES string of the molecule is C/C(=C\[C@@H](C)[C@@H](O)c1ccccc1)B1OC(C)(C)C(C)(C)O1. The van der Waals surface area contributed by atoms with E-state index in [0.29, 0.717) is 0 Å². The molecular formula is C18H27BO3. The van der Waals surface area contributed by atoms with Gasteiger partial charge in [0.2, 0.25) is 0 Å². The molecule has 4 heteroatoms. The van der Waals surface area contributed by atoms with Crippen LogP contribution in [0.3, 0.4) is 0 Å². The Morgan fingerprint density at radius 2 is 1.59 bits per heavy atom. The standard InChI is InChI=1S/C18H27BO3/c1-13(16(20)15-10-8-7-9-11-15)12-14(2)19-21-17(3,4)18(5,6)22-19/h7-13,16,20H,1-6H3/b14-12+/t13-,16-/m1/s1. The molecule has 2 atom stereocenters. The summed E-state index contributed by atoms with van der Waals surface area (Å²) in [5, 5.41) is 10.5. The number of aliphatic hydroxyl groups is 1. The molecule has 1 aromatic rings. The predicted molar refractivity (Wildman–Crippen MR) is 90.4 cm³/mol. The van der Waals surface area contributed by atoms with Gasteiger partial charge in [-0.25, -0.2) is 0 Å². The summed E-state index contributed by atoms with van der Waals surface area (Å²) < 4.78 is 12.1. The van der Waals surface area contributed by atoms with Crippen LogP contribution in [-0.2, 0) is 9.31 Å². The van der Waals surface area contributed by atoms with Crippen LogP contribution in [0.25, 0.3) is 0 Å². The van der Waals surface area contributed by atoms with Crippen LogP contribution in [-0.4, -0.2) is 23.4 Å². The van der Waals surface area contributed by atoms with Gasteiger partial charge in [-0.2, -0.15) is 0 Å². The molecule has 1 N–H and O–H groups in total. The van der Waals surface area contributed by atoms with Gasteiger partial charge in [-0.15, -0.1) is 0 Å². The van der Waals surface area contributed by atoms with Crippen LogP contribution in [0, 0.1) is 5.92 Å². The van der Waals surface area contributed by atoms with Crippen LogP contribution in [0.5, 0.6) is 0 Å². The highest BCUT2D eigenvalue weighted by Gasteiger charge is 2.51. The van der Waals surface area contributed by atoms with E-state index in [1.54, 1.807) is 0 Å². The first-order valence-electron chi connectivity index (χ1n) is 7.91. The molecule has 1 heterocycles. The zero-order valence-electron chi connectivity index (χ0n) is 14.5. The maximum atomic E-state index is 10.5. The van der Waals surface area contributed by atoms with Crippen LogP contribution in [0.2, 0.25) is 0 Å². The van der Waals surface area contributed by atoms with Crippen LogP contribution >= 0.6 is 0 Å². The van der Waals surface area contributed by atoms with Gasteiger partial charge in [0.1, 0.15) is 0 Å². The van der Waals surface area contributed by atoms with E-state index in [1.165, 1.54) is 0 Å². The Balaban J connectivity index is 2.10. The highest BCUT2D eigenvalue weighted by Crippen LogP contribution is 2.39. The van der Waals surface area contributed by atoms with Gasteiger partial charge < -0.3 is 14.4 Å². The van der Waals surface area contributed by atoms with E-state index in [-0.39, 0.29) is 24.2 Å². The van der Waals surface area contributed by atoms with Crippen molar-refractivity contribution in [3.63, 3.8) is 0 Å². The van der Waals surface area contributed by atoms with Crippen LogP contribution in [0.15, 0.2) is 41.9 Å². The van der Waals surface area contributed by atoms with E-state index in [2.05, 4.69) is 0 Å². The Morgan fingerprint density at radius 3 is 2.09 bits per heavy atom.